The summed E-state index contributed by atoms with van der Waals surface area (Å²) in [5, 5.41) is 0.965. The first kappa shape index (κ1) is 13.0. The Balaban J connectivity index is 1.42. The molecule has 23 heavy (non-hydrogen) atoms. The Kier molecular flexibility index (Phi) is 2.33. The minimum atomic E-state index is -0.422. The number of nitrogens with zero attached hydrogens (tertiary/aromatic N) is 1. The summed E-state index contributed by atoms with van der Waals surface area (Å²) < 4.78 is 0. The normalized spacial score (nSPS) is 35.0. The van der Waals surface area contributed by atoms with Gasteiger partial charge in [-0.15, -0.1) is 0 Å². The maximum absolute atomic E-state index is 12.7. The van der Waals surface area contributed by atoms with E-state index in [4.69, 9.17) is 0 Å². The van der Waals surface area contributed by atoms with Gasteiger partial charge < -0.3 is 0 Å². The van der Waals surface area contributed by atoms with Gasteiger partial charge in [0.05, 0.1) is 11.8 Å². The van der Waals surface area contributed by atoms with Crippen molar-refractivity contribution in [1.29, 1.82) is 0 Å². The van der Waals surface area contributed by atoms with E-state index in [2.05, 4.69) is 17.6 Å². The van der Waals surface area contributed by atoms with Crippen molar-refractivity contribution < 1.29 is 14.4 Å². The molecule has 4 aliphatic rings. The van der Waals surface area contributed by atoms with Gasteiger partial charge in [0.2, 0.25) is 0 Å². The lowest BCUT2D eigenvalue weighted by atomic mass is 9.85. The Morgan fingerprint density at radius 3 is 2.09 bits per heavy atom. The summed E-state index contributed by atoms with van der Waals surface area (Å²) in [5.41, 5.74) is 3.12. The number of fused-ring (bicyclic) bond motifs is 3. The molecule has 1 heterocycles. The van der Waals surface area contributed by atoms with Crippen LogP contribution in [0.4, 0.5) is 0 Å². The maximum atomic E-state index is 12.7. The highest BCUT2D eigenvalue weighted by Gasteiger charge is 2.73. The highest BCUT2D eigenvalue weighted by Crippen LogP contribution is 2.73. The molecule has 2 bridgehead atoms. The molecule has 3 aliphatic carbocycles. The van der Waals surface area contributed by atoms with Crippen LogP contribution in [0.2, 0.25) is 0 Å². The zero-order valence-electron chi connectivity index (χ0n) is 12.4. The number of benzene rings is 1. The highest BCUT2D eigenvalue weighted by atomic mass is 16.2. The standard InChI is InChI=1S/C18H16N2O3/c21-15(10-4-2-1-3-5-10)19-20-16(22)13-11-6-7-12(14(13)17(20)23)18(11)8-9-18/h1-7,11-14H,8-9H2,(H,19,21). The fourth-order valence-electron chi connectivity index (χ4n) is 4.94. The van der Waals surface area contributed by atoms with Crippen molar-refractivity contribution in [2.45, 2.75) is 12.8 Å². The average molecular weight is 308 g/mol. The van der Waals surface area contributed by atoms with Crippen molar-refractivity contribution in [1.82, 2.24) is 10.4 Å². The second-order valence-electron chi connectivity index (χ2n) is 7.04. The molecule has 1 aliphatic heterocycles. The van der Waals surface area contributed by atoms with Crippen molar-refractivity contribution in [3.63, 3.8) is 0 Å². The van der Waals surface area contributed by atoms with Crippen LogP contribution in [0.3, 0.4) is 0 Å². The van der Waals surface area contributed by atoms with Crippen LogP contribution >= 0.6 is 0 Å². The number of rotatable bonds is 2. The monoisotopic (exact) mass is 308 g/mol. The van der Waals surface area contributed by atoms with Gasteiger partial charge in [0.15, 0.2) is 0 Å². The molecule has 3 amide bonds. The summed E-state index contributed by atoms with van der Waals surface area (Å²) in [6, 6.07) is 8.62. The summed E-state index contributed by atoms with van der Waals surface area (Å²) in [6.07, 6.45) is 6.46. The first-order chi connectivity index (χ1) is 11.1. The second kappa shape index (κ2) is 4.10. The number of hydrazine groups is 1. The Bertz CT molecular complexity index is 732. The summed E-state index contributed by atoms with van der Waals surface area (Å²) in [4.78, 5) is 37.7. The molecule has 0 aromatic heterocycles. The number of hydrogen-bond acceptors (Lipinski definition) is 3. The summed E-state index contributed by atoms with van der Waals surface area (Å²) in [5.74, 6) is -1.12. The number of carbonyl (C=O) groups excluding carboxylic acids is 3. The maximum Gasteiger partial charge on any atom is 0.270 e. The predicted octanol–water partition coefficient (Wildman–Crippen LogP) is 1.53. The Labute approximate surface area is 133 Å². The van der Waals surface area contributed by atoms with Crippen LogP contribution in [-0.2, 0) is 9.59 Å². The van der Waals surface area contributed by atoms with Gasteiger partial charge in [0, 0.05) is 5.56 Å². The Morgan fingerprint density at radius 2 is 1.57 bits per heavy atom. The molecule has 5 rings (SSSR count). The molecular formula is C18H16N2O3. The molecule has 5 heteroatoms. The fraction of sp³-hybridized carbons (Fsp3) is 0.389. The van der Waals surface area contributed by atoms with Crippen molar-refractivity contribution >= 4 is 17.7 Å². The lowest BCUT2D eigenvalue weighted by Crippen LogP contribution is -2.47. The molecule has 1 N–H and O–H groups in total. The molecule has 1 spiro atoms. The van der Waals surface area contributed by atoms with Crippen LogP contribution in [0.25, 0.3) is 0 Å². The third kappa shape index (κ3) is 1.49. The van der Waals surface area contributed by atoms with Crippen molar-refractivity contribution in [3.05, 3.63) is 48.0 Å². The number of carbonyl (C=O) groups is 3. The quantitative estimate of drug-likeness (QED) is 0.665. The minimum Gasteiger partial charge on any atom is -0.272 e. The summed E-state index contributed by atoms with van der Waals surface area (Å²) >= 11 is 0. The molecule has 1 aromatic rings. The van der Waals surface area contributed by atoms with E-state index in [-0.39, 0.29) is 40.9 Å². The number of nitrogens with one attached hydrogen (secondary N) is 1. The van der Waals surface area contributed by atoms with Crippen LogP contribution in [0, 0.1) is 29.1 Å². The minimum absolute atomic E-state index is 0.174. The van der Waals surface area contributed by atoms with Gasteiger partial charge in [0.1, 0.15) is 0 Å². The van der Waals surface area contributed by atoms with Gasteiger partial charge in [-0.25, -0.2) is 0 Å². The van der Waals surface area contributed by atoms with Crippen LogP contribution in [-0.4, -0.2) is 22.7 Å². The highest BCUT2D eigenvalue weighted by molar-refractivity contribution is 6.09. The van der Waals surface area contributed by atoms with Crippen molar-refractivity contribution in [2.75, 3.05) is 0 Å². The summed E-state index contributed by atoms with van der Waals surface area (Å²) in [7, 11) is 0. The second-order valence-corrected chi connectivity index (χ2v) is 7.04. The summed E-state index contributed by atoms with van der Waals surface area (Å²) in [6.45, 7) is 0. The van der Waals surface area contributed by atoms with Gasteiger partial charge in [-0.05, 0) is 42.2 Å². The molecule has 0 radical (unpaired) electrons. The zero-order valence-corrected chi connectivity index (χ0v) is 12.4. The van der Waals surface area contributed by atoms with E-state index < -0.39 is 5.91 Å². The zero-order chi connectivity index (χ0) is 15.8. The van der Waals surface area contributed by atoms with E-state index in [9.17, 15) is 14.4 Å². The van der Waals surface area contributed by atoms with E-state index in [1.807, 2.05) is 6.07 Å². The predicted molar refractivity (Wildman–Crippen MR) is 80.5 cm³/mol. The molecule has 2 saturated carbocycles. The van der Waals surface area contributed by atoms with Crippen LogP contribution in [0.15, 0.2) is 42.5 Å². The van der Waals surface area contributed by atoms with Gasteiger partial charge in [-0.1, -0.05) is 30.4 Å². The SMILES string of the molecule is O=C(NN1C(=O)C2C(C1=O)C1C=CC2C12CC2)c1ccccc1. The number of hydrogen-bond donors (Lipinski definition) is 1. The van der Waals surface area contributed by atoms with Crippen molar-refractivity contribution in [2.24, 2.45) is 29.1 Å². The Hall–Kier alpha value is -2.43. The average Bonchev–Trinajstić information content (AvgIpc) is 3.18. The lowest BCUT2D eigenvalue weighted by Gasteiger charge is -2.21. The van der Waals surface area contributed by atoms with E-state index >= 15 is 0 Å². The molecule has 5 nitrogen and oxygen atoms in total. The van der Waals surface area contributed by atoms with E-state index in [0.717, 1.165) is 17.9 Å². The smallest absolute Gasteiger partial charge is 0.270 e. The Morgan fingerprint density at radius 1 is 1.00 bits per heavy atom. The molecule has 3 fully saturated rings. The van der Waals surface area contributed by atoms with Crippen LogP contribution in [0.5, 0.6) is 0 Å². The van der Waals surface area contributed by atoms with Crippen LogP contribution in [0.1, 0.15) is 23.2 Å². The molecule has 116 valence electrons. The van der Waals surface area contributed by atoms with Gasteiger partial charge >= 0.3 is 0 Å². The first-order valence-electron chi connectivity index (χ1n) is 8.06. The van der Waals surface area contributed by atoms with E-state index in [1.54, 1.807) is 24.3 Å². The van der Waals surface area contributed by atoms with E-state index in [0.29, 0.717) is 5.56 Å². The lowest BCUT2D eigenvalue weighted by molar-refractivity contribution is -0.144. The molecule has 1 saturated heterocycles. The van der Waals surface area contributed by atoms with Gasteiger partial charge in [0.25, 0.3) is 17.7 Å². The third-order valence-electron chi connectivity index (χ3n) is 6.10. The van der Waals surface area contributed by atoms with E-state index in [1.165, 1.54) is 0 Å². The number of allylic oxidation sites excluding steroid dienone is 2. The molecule has 4 unspecified atom stereocenters. The third-order valence-corrected chi connectivity index (χ3v) is 6.10. The topological polar surface area (TPSA) is 66.5 Å². The van der Waals surface area contributed by atoms with Crippen LogP contribution < -0.4 is 5.43 Å². The largest absolute Gasteiger partial charge is 0.272 e. The first-order valence-corrected chi connectivity index (χ1v) is 8.06. The number of imide groups is 1. The van der Waals surface area contributed by atoms with Gasteiger partial charge in [-0.2, -0.15) is 5.01 Å². The molecule has 1 aromatic carbocycles. The number of amides is 3. The van der Waals surface area contributed by atoms with Gasteiger partial charge in [-0.3, -0.25) is 19.8 Å². The molecule has 4 atom stereocenters. The molecular weight excluding hydrogens is 292 g/mol. The fourth-order valence-corrected chi connectivity index (χ4v) is 4.94. The van der Waals surface area contributed by atoms with Crippen molar-refractivity contribution in [3.8, 4) is 0 Å².